The number of nitrogens with one attached hydrogen (secondary N) is 1. The van der Waals surface area contributed by atoms with Crippen LogP contribution < -0.4 is 15.8 Å². The number of ether oxygens (including phenoxy) is 1. The summed E-state index contributed by atoms with van der Waals surface area (Å²) >= 11 is 1.33. The van der Waals surface area contributed by atoms with Crippen molar-refractivity contribution in [3.63, 3.8) is 0 Å². The minimum absolute atomic E-state index is 0.357. The van der Waals surface area contributed by atoms with Gasteiger partial charge in [-0.3, -0.25) is 4.79 Å². The molecule has 7 heteroatoms. The van der Waals surface area contributed by atoms with Gasteiger partial charge in [0.2, 0.25) is 0 Å². The van der Waals surface area contributed by atoms with Gasteiger partial charge in [0.1, 0.15) is 11.8 Å². The number of aliphatic carboxylic acids is 1. The lowest BCUT2D eigenvalue weighted by Gasteiger charge is -2.05. The third-order valence-corrected chi connectivity index (χ3v) is 3.50. The van der Waals surface area contributed by atoms with E-state index in [0.29, 0.717) is 17.4 Å². The number of aromatic nitrogens is 1. The van der Waals surface area contributed by atoms with Crippen LogP contribution in [-0.4, -0.2) is 23.2 Å². The van der Waals surface area contributed by atoms with Crippen LogP contribution in [0.25, 0.3) is 0 Å². The van der Waals surface area contributed by atoms with Crippen molar-refractivity contribution in [2.24, 2.45) is 5.73 Å². The number of carbonyl (C=O) groups is 1. The van der Waals surface area contributed by atoms with E-state index in [1.54, 1.807) is 12.5 Å². The number of carboxylic acids is 1. The van der Waals surface area contributed by atoms with Crippen molar-refractivity contribution >= 4 is 22.4 Å². The van der Waals surface area contributed by atoms with E-state index in [4.69, 9.17) is 15.6 Å². The lowest BCUT2D eigenvalue weighted by Crippen LogP contribution is -2.20. The van der Waals surface area contributed by atoms with Gasteiger partial charge in [0, 0.05) is 11.9 Å². The van der Waals surface area contributed by atoms with E-state index >= 15 is 0 Å². The van der Waals surface area contributed by atoms with Gasteiger partial charge in [-0.05, 0) is 17.7 Å². The van der Waals surface area contributed by atoms with Crippen molar-refractivity contribution in [2.45, 2.75) is 12.6 Å². The fourth-order valence-electron chi connectivity index (χ4n) is 1.60. The Kier molecular flexibility index (Phi) is 4.54. The van der Waals surface area contributed by atoms with Crippen molar-refractivity contribution in [3.05, 3.63) is 40.9 Å². The summed E-state index contributed by atoms with van der Waals surface area (Å²) in [6, 6.07) is 6.58. The molecule has 106 valence electrons. The van der Waals surface area contributed by atoms with E-state index in [1.807, 2.05) is 24.3 Å². The molecule has 0 radical (unpaired) electrons. The largest absolute Gasteiger partial charge is 0.497 e. The second-order valence-electron chi connectivity index (χ2n) is 4.10. The number of hydrogen-bond donors (Lipinski definition) is 3. The SMILES string of the molecule is COc1cccc(CNc2nc(C(N)C(=O)O)cs2)c1. The van der Waals surface area contributed by atoms with Gasteiger partial charge in [0.15, 0.2) is 5.13 Å². The first kappa shape index (κ1) is 14.3. The first-order chi connectivity index (χ1) is 9.60. The zero-order chi connectivity index (χ0) is 14.5. The van der Waals surface area contributed by atoms with E-state index in [9.17, 15) is 4.79 Å². The molecule has 20 heavy (non-hydrogen) atoms. The predicted molar refractivity (Wildman–Crippen MR) is 77.0 cm³/mol. The molecule has 2 aromatic rings. The van der Waals surface area contributed by atoms with Crippen LogP contribution in [0.1, 0.15) is 17.3 Å². The molecule has 6 nitrogen and oxygen atoms in total. The van der Waals surface area contributed by atoms with Crippen LogP contribution in [0.2, 0.25) is 0 Å². The highest BCUT2D eigenvalue weighted by Crippen LogP contribution is 2.21. The highest BCUT2D eigenvalue weighted by atomic mass is 32.1. The third-order valence-electron chi connectivity index (χ3n) is 2.68. The Bertz CT molecular complexity index is 600. The molecule has 0 aliphatic carbocycles. The van der Waals surface area contributed by atoms with Crippen LogP contribution in [0, 0.1) is 0 Å². The quantitative estimate of drug-likeness (QED) is 0.752. The van der Waals surface area contributed by atoms with Gasteiger partial charge in [-0.15, -0.1) is 11.3 Å². The Morgan fingerprint density at radius 2 is 2.40 bits per heavy atom. The second kappa shape index (κ2) is 6.36. The van der Waals surface area contributed by atoms with Gasteiger partial charge in [-0.25, -0.2) is 4.98 Å². The summed E-state index contributed by atoms with van der Waals surface area (Å²) in [5.74, 6) is -0.299. The number of methoxy groups -OCH3 is 1. The number of anilines is 1. The van der Waals surface area contributed by atoms with Gasteiger partial charge in [-0.1, -0.05) is 12.1 Å². The Balaban J connectivity index is 1.99. The fourth-order valence-corrected chi connectivity index (χ4v) is 2.34. The molecule has 1 heterocycles. The third kappa shape index (κ3) is 3.46. The van der Waals surface area contributed by atoms with Crippen LogP contribution >= 0.6 is 11.3 Å². The maximum Gasteiger partial charge on any atom is 0.326 e. The van der Waals surface area contributed by atoms with Crippen LogP contribution in [0.3, 0.4) is 0 Å². The number of carboxylic acid groups (broad SMARTS) is 1. The minimum Gasteiger partial charge on any atom is -0.497 e. The van der Waals surface area contributed by atoms with E-state index < -0.39 is 12.0 Å². The van der Waals surface area contributed by atoms with Crippen molar-refractivity contribution in [3.8, 4) is 5.75 Å². The molecule has 0 fully saturated rings. The summed E-state index contributed by atoms with van der Waals surface area (Å²) in [4.78, 5) is 14.9. The van der Waals surface area contributed by atoms with Crippen LogP contribution in [0.5, 0.6) is 5.75 Å². The van der Waals surface area contributed by atoms with Gasteiger partial charge in [0.25, 0.3) is 0 Å². The number of thiazole rings is 1. The summed E-state index contributed by atoms with van der Waals surface area (Å²) in [6.45, 7) is 0.576. The molecule has 2 rings (SSSR count). The molecular weight excluding hydrogens is 278 g/mol. The predicted octanol–water partition coefficient (Wildman–Crippen LogP) is 1.85. The van der Waals surface area contributed by atoms with Crippen molar-refractivity contribution < 1.29 is 14.6 Å². The van der Waals surface area contributed by atoms with E-state index in [-0.39, 0.29) is 0 Å². The smallest absolute Gasteiger partial charge is 0.326 e. The average molecular weight is 293 g/mol. The average Bonchev–Trinajstić information content (AvgIpc) is 2.93. The molecule has 0 bridgehead atoms. The highest BCUT2D eigenvalue weighted by molar-refractivity contribution is 7.13. The Labute approximate surface area is 120 Å². The molecule has 0 saturated heterocycles. The highest BCUT2D eigenvalue weighted by Gasteiger charge is 2.17. The summed E-state index contributed by atoms with van der Waals surface area (Å²) in [7, 11) is 1.62. The molecule has 0 saturated carbocycles. The molecule has 0 aliphatic rings. The van der Waals surface area contributed by atoms with Gasteiger partial charge < -0.3 is 20.9 Å². The zero-order valence-electron chi connectivity index (χ0n) is 10.9. The molecule has 1 atom stereocenters. The van der Waals surface area contributed by atoms with Crippen LogP contribution in [-0.2, 0) is 11.3 Å². The second-order valence-corrected chi connectivity index (χ2v) is 4.96. The van der Waals surface area contributed by atoms with Crippen LogP contribution in [0.4, 0.5) is 5.13 Å². The standard InChI is InChI=1S/C13H15N3O3S/c1-19-9-4-2-3-8(5-9)6-15-13-16-10(7-20-13)11(14)12(17)18/h2-5,7,11H,6,14H2,1H3,(H,15,16)(H,17,18). The molecule has 4 N–H and O–H groups in total. The Morgan fingerprint density at radius 3 is 3.10 bits per heavy atom. The maximum absolute atomic E-state index is 10.8. The number of nitrogens with zero attached hydrogens (tertiary/aromatic N) is 1. The molecule has 1 unspecified atom stereocenters. The molecule has 1 aromatic carbocycles. The first-order valence-electron chi connectivity index (χ1n) is 5.90. The minimum atomic E-state index is -1.09. The van der Waals surface area contributed by atoms with Gasteiger partial charge >= 0.3 is 5.97 Å². The molecule has 0 spiro atoms. The monoisotopic (exact) mass is 293 g/mol. The summed E-state index contributed by atoms with van der Waals surface area (Å²) in [5, 5.41) is 14.2. The van der Waals surface area contributed by atoms with Gasteiger partial charge in [0.05, 0.1) is 12.8 Å². The molecular formula is C13H15N3O3S. The number of benzene rings is 1. The van der Waals surface area contributed by atoms with E-state index in [0.717, 1.165) is 11.3 Å². The zero-order valence-corrected chi connectivity index (χ0v) is 11.7. The maximum atomic E-state index is 10.8. The van der Waals surface area contributed by atoms with E-state index in [2.05, 4.69) is 10.3 Å². The summed E-state index contributed by atoms with van der Waals surface area (Å²) < 4.78 is 5.15. The lowest BCUT2D eigenvalue weighted by molar-refractivity contribution is -0.138. The Hall–Kier alpha value is -2.12. The van der Waals surface area contributed by atoms with Crippen molar-refractivity contribution in [2.75, 3.05) is 12.4 Å². The normalized spacial score (nSPS) is 11.9. The fraction of sp³-hybridized carbons (Fsp3) is 0.231. The van der Waals surface area contributed by atoms with Crippen molar-refractivity contribution in [1.29, 1.82) is 0 Å². The van der Waals surface area contributed by atoms with Gasteiger partial charge in [-0.2, -0.15) is 0 Å². The van der Waals surface area contributed by atoms with E-state index in [1.165, 1.54) is 11.3 Å². The number of rotatable bonds is 6. The van der Waals surface area contributed by atoms with Crippen LogP contribution in [0.15, 0.2) is 29.6 Å². The molecule has 0 amide bonds. The molecule has 1 aromatic heterocycles. The molecule has 0 aliphatic heterocycles. The summed E-state index contributed by atoms with van der Waals surface area (Å²) in [6.07, 6.45) is 0. The topological polar surface area (TPSA) is 97.5 Å². The van der Waals surface area contributed by atoms with Crippen molar-refractivity contribution in [1.82, 2.24) is 4.98 Å². The number of hydrogen-bond acceptors (Lipinski definition) is 6. The first-order valence-corrected chi connectivity index (χ1v) is 6.78. The summed E-state index contributed by atoms with van der Waals surface area (Å²) in [5.41, 5.74) is 6.90. The lowest BCUT2D eigenvalue weighted by atomic mass is 10.2. The Morgan fingerprint density at radius 1 is 1.60 bits per heavy atom. The number of nitrogens with two attached hydrogens (primary N) is 1.